The minimum absolute atomic E-state index is 1.09. The van der Waals surface area contributed by atoms with Gasteiger partial charge >= 0.3 is 0 Å². The quantitative estimate of drug-likeness (QED) is 0.687. The highest BCUT2D eigenvalue weighted by Gasteiger charge is 1.94. The lowest BCUT2D eigenvalue weighted by Crippen LogP contribution is -1.85. The molecule has 1 radical (unpaired) electrons. The molecule has 0 unspecified atom stereocenters. The van der Waals surface area contributed by atoms with Crippen LogP contribution in [0.3, 0.4) is 0 Å². The molecule has 63 valence electrons. The third-order valence-corrected chi connectivity index (χ3v) is 1.70. The summed E-state index contributed by atoms with van der Waals surface area (Å²) in [6.07, 6.45) is 9.22. The molecule has 0 saturated carbocycles. The lowest BCUT2D eigenvalue weighted by atomic mass is 10.1. The highest BCUT2D eigenvalue weighted by Crippen LogP contribution is 2.08. The first-order valence-electron chi connectivity index (χ1n) is 4.10. The summed E-state index contributed by atoms with van der Waals surface area (Å²) in [4.78, 5) is 8.06. The summed E-state index contributed by atoms with van der Waals surface area (Å²) in [5.41, 5.74) is 2.19. The number of rotatable bonds is 2. The van der Waals surface area contributed by atoms with Gasteiger partial charge in [-0.2, -0.15) is 0 Å². The van der Waals surface area contributed by atoms with Gasteiger partial charge in [0.1, 0.15) is 0 Å². The highest BCUT2D eigenvalue weighted by atomic mass is 14.6. The standard InChI is InChI=1S/C11H9N2/c1-3-10(8-12-5-1)7-11-4-2-6-13-9-11/h1-9H. The van der Waals surface area contributed by atoms with Crippen molar-refractivity contribution in [3.05, 3.63) is 66.6 Å². The summed E-state index contributed by atoms with van der Waals surface area (Å²) in [6.45, 7) is 0. The SMILES string of the molecule is [CH](c1cccnc1)c1cccnc1. The summed E-state index contributed by atoms with van der Waals surface area (Å²) in [7, 11) is 0. The van der Waals surface area contributed by atoms with E-state index in [9.17, 15) is 0 Å². The molecule has 0 N–H and O–H groups in total. The van der Waals surface area contributed by atoms with Crippen molar-refractivity contribution in [2.45, 2.75) is 0 Å². The average molecular weight is 169 g/mol. The molecule has 2 aromatic heterocycles. The van der Waals surface area contributed by atoms with Crippen molar-refractivity contribution in [3.63, 3.8) is 0 Å². The topological polar surface area (TPSA) is 25.8 Å². The van der Waals surface area contributed by atoms with Crippen LogP contribution in [0.1, 0.15) is 11.1 Å². The van der Waals surface area contributed by atoms with E-state index in [1.807, 2.05) is 43.1 Å². The van der Waals surface area contributed by atoms with Crippen molar-refractivity contribution < 1.29 is 0 Å². The molecule has 13 heavy (non-hydrogen) atoms. The van der Waals surface area contributed by atoms with E-state index in [1.54, 1.807) is 12.4 Å². The highest BCUT2D eigenvalue weighted by molar-refractivity contribution is 5.32. The molecular weight excluding hydrogens is 160 g/mol. The van der Waals surface area contributed by atoms with Gasteiger partial charge in [-0.3, -0.25) is 9.97 Å². The Bertz CT molecular complexity index is 319. The Morgan fingerprint density at radius 2 is 1.38 bits per heavy atom. The van der Waals surface area contributed by atoms with Crippen molar-refractivity contribution >= 4 is 0 Å². The largest absolute Gasteiger partial charge is 0.264 e. The molecule has 0 spiro atoms. The number of aromatic nitrogens is 2. The van der Waals surface area contributed by atoms with Crippen LogP contribution in [0.5, 0.6) is 0 Å². The fourth-order valence-corrected chi connectivity index (χ4v) is 1.12. The summed E-state index contributed by atoms with van der Waals surface area (Å²) >= 11 is 0. The van der Waals surface area contributed by atoms with Crippen LogP contribution in [-0.4, -0.2) is 9.97 Å². The first-order chi connectivity index (χ1) is 6.45. The van der Waals surface area contributed by atoms with E-state index >= 15 is 0 Å². The van der Waals surface area contributed by atoms with Crippen molar-refractivity contribution in [1.29, 1.82) is 0 Å². The molecular formula is C11H9N2. The molecule has 0 fully saturated rings. The van der Waals surface area contributed by atoms with E-state index in [0.717, 1.165) is 11.1 Å². The fraction of sp³-hybridized carbons (Fsp3) is 0. The van der Waals surface area contributed by atoms with Crippen LogP contribution in [0.15, 0.2) is 49.1 Å². The first kappa shape index (κ1) is 7.92. The minimum Gasteiger partial charge on any atom is -0.264 e. The molecule has 0 aromatic carbocycles. The van der Waals surface area contributed by atoms with Crippen LogP contribution in [0.25, 0.3) is 0 Å². The molecule has 2 nitrogen and oxygen atoms in total. The van der Waals surface area contributed by atoms with E-state index < -0.39 is 0 Å². The van der Waals surface area contributed by atoms with Crippen LogP contribution in [-0.2, 0) is 0 Å². The number of hydrogen-bond donors (Lipinski definition) is 0. The third kappa shape index (κ3) is 2.12. The van der Waals surface area contributed by atoms with E-state index in [2.05, 4.69) is 9.97 Å². The number of hydrogen-bond acceptors (Lipinski definition) is 2. The molecule has 0 aliphatic heterocycles. The van der Waals surface area contributed by atoms with E-state index in [4.69, 9.17) is 0 Å². The zero-order valence-corrected chi connectivity index (χ0v) is 7.09. The molecule has 0 saturated heterocycles. The zero-order valence-electron chi connectivity index (χ0n) is 7.09. The Labute approximate surface area is 77.3 Å². The maximum atomic E-state index is 4.03. The maximum absolute atomic E-state index is 4.03. The van der Waals surface area contributed by atoms with Gasteiger partial charge < -0.3 is 0 Å². The normalized spacial score (nSPS) is 9.85. The van der Waals surface area contributed by atoms with Crippen LogP contribution < -0.4 is 0 Å². The maximum Gasteiger partial charge on any atom is 0.0306 e. The van der Waals surface area contributed by atoms with E-state index in [0.29, 0.717) is 0 Å². The summed E-state index contributed by atoms with van der Waals surface area (Å²) in [5, 5.41) is 0. The van der Waals surface area contributed by atoms with Crippen LogP contribution in [0, 0.1) is 6.42 Å². The predicted octanol–water partition coefficient (Wildman–Crippen LogP) is 2.08. The van der Waals surface area contributed by atoms with Crippen LogP contribution in [0.4, 0.5) is 0 Å². The van der Waals surface area contributed by atoms with E-state index in [-0.39, 0.29) is 0 Å². The Hall–Kier alpha value is -1.70. The Morgan fingerprint density at radius 1 is 0.846 bits per heavy atom. The average Bonchev–Trinajstić information content (AvgIpc) is 2.21. The molecule has 0 amide bonds. The Morgan fingerprint density at radius 3 is 1.77 bits per heavy atom. The van der Waals surface area contributed by atoms with Gasteiger partial charge in [0.05, 0.1) is 0 Å². The number of pyridine rings is 2. The molecule has 2 aromatic rings. The van der Waals surface area contributed by atoms with Crippen molar-refractivity contribution in [1.82, 2.24) is 9.97 Å². The third-order valence-electron chi connectivity index (χ3n) is 1.70. The molecule has 2 heteroatoms. The van der Waals surface area contributed by atoms with Gasteiger partial charge in [0.2, 0.25) is 0 Å². The second kappa shape index (κ2) is 3.81. The lowest BCUT2D eigenvalue weighted by Gasteiger charge is -1.98. The van der Waals surface area contributed by atoms with Gasteiger partial charge in [0, 0.05) is 31.2 Å². The van der Waals surface area contributed by atoms with Gasteiger partial charge in [0.25, 0.3) is 0 Å². The second-order valence-corrected chi connectivity index (χ2v) is 2.72. The fourth-order valence-electron chi connectivity index (χ4n) is 1.12. The molecule has 0 aliphatic rings. The molecule has 2 heterocycles. The van der Waals surface area contributed by atoms with Gasteiger partial charge in [-0.1, -0.05) is 12.1 Å². The summed E-state index contributed by atoms with van der Waals surface area (Å²) < 4.78 is 0. The summed E-state index contributed by atoms with van der Waals surface area (Å²) in [5.74, 6) is 0. The first-order valence-corrected chi connectivity index (χ1v) is 4.10. The molecule has 0 atom stereocenters. The van der Waals surface area contributed by atoms with Crippen molar-refractivity contribution in [2.24, 2.45) is 0 Å². The van der Waals surface area contributed by atoms with Gasteiger partial charge in [-0.25, -0.2) is 0 Å². The van der Waals surface area contributed by atoms with Gasteiger partial charge in [-0.05, 0) is 23.3 Å². The van der Waals surface area contributed by atoms with Crippen molar-refractivity contribution in [2.75, 3.05) is 0 Å². The van der Waals surface area contributed by atoms with Gasteiger partial charge in [-0.15, -0.1) is 0 Å². The number of nitrogens with zero attached hydrogens (tertiary/aromatic N) is 2. The molecule has 0 bridgehead atoms. The van der Waals surface area contributed by atoms with E-state index in [1.165, 1.54) is 0 Å². The minimum atomic E-state index is 1.09. The second-order valence-electron chi connectivity index (χ2n) is 2.72. The van der Waals surface area contributed by atoms with Crippen LogP contribution >= 0.6 is 0 Å². The Balaban J connectivity index is 2.16. The molecule has 0 aliphatic carbocycles. The zero-order chi connectivity index (χ0) is 8.93. The smallest absolute Gasteiger partial charge is 0.0306 e. The lowest BCUT2D eigenvalue weighted by molar-refractivity contribution is 1.24. The Kier molecular flexibility index (Phi) is 2.32. The summed E-state index contributed by atoms with van der Waals surface area (Å²) in [6, 6.07) is 7.87. The van der Waals surface area contributed by atoms with Crippen LogP contribution in [0.2, 0.25) is 0 Å². The molecule has 2 rings (SSSR count). The van der Waals surface area contributed by atoms with Crippen molar-refractivity contribution in [3.8, 4) is 0 Å². The monoisotopic (exact) mass is 169 g/mol. The van der Waals surface area contributed by atoms with Gasteiger partial charge in [0.15, 0.2) is 0 Å². The predicted molar refractivity (Wildman–Crippen MR) is 51.0 cm³/mol.